The molecule has 1 amide bonds. The molecule has 0 bridgehead atoms. The number of hydrogen-bond donors (Lipinski definition) is 0. The third-order valence-corrected chi connectivity index (χ3v) is 4.85. The second-order valence-electron chi connectivity index (χ2n) is 6.37. The van der Waals surface area contributed by atoms with Gasteiger partial charge in [0, 0.05) is 20.2 Å². The Balaban J connectivity index is 2.92. The van der Waals surface area contributed by atoms with E-state index in [0.29, 0.717) is 19.0 Å². The fourth-order valence-corrected chi connectivity index (χ4v) is 2.62. The van der Waals surface area contributed by atoms with Gasteiger partial charge in [0.2, 0.25) is 5.91 Å². The van der Waals surface area contributed by atoms with Crippen LogP contribution in [0.3, 0.4) is 0 Å². The predicted octanol–water partition coefficient (Wildman–Crippen LogP) is 2.43. The van der Waals surface area contributed by atoms with Gasteiger partial charge in [-0.1, -0.05) is 26.0 Å². The van der Waals surface area contributed by atoms with Gasteiger partial charge in [-0.05, 0) is 37.5 Å². The summed E-state index contributed by atoms with van der Waals surface area (Å²) >= 11 is 0. The van der Waals surface area contributed by atoms with Crippen molar-refractivity contribution in [1.82, 2.24) is 4.90 Å². The minimum Gasteiger partial charge on any atom is -0.382 e. The summed E-state index contributed by atoms with van der Waals surface area (Å²) in [6.45, 7) is 8.17. The number of ether oxygens (including phenoxy) is 1. The summed E-state index contributed by atoms with van der Waals surface area (Å²) in [6, 6.07) is 6.79. The molecular weight excluding hydrogens is 330 g/mol. The molecule has 1 rings (SSSR count). The molecule has 6 nitrogen and oxygen atoms in total. The Morgan fingerprint density at radius 1 is 1.21 bits per heavy atom. The quantitative estimate of drug-likeness (QED) is 0.635. The van der Waals surface area contributed by atoms with Crippen molar-refractivity contribution < 1.29 is 22.1 Å². The van der Waals surface area contributed by atoms with Crippen molar-refractivity contribution in [3.8, 4) is 5.75 Å². The smallest absolute Gasteiger partial charge is 0.311 e. The van der Waals surface area contributed by atoms with Crippen molar-refractivity contribution in [2.45, 2.75) is 39.5 Å². The molecule has 136 valence electrons. The van der Waals surface area contributed by atoms with E-state index in [1.54, 1.807) is 36.9 Å². The van der Waals surface area contributed by atoms with Crippen LogP contribution in [0.5, 0.6) is 5.75 Å². The molecule has 1 aromatic rings. The number of amides is 1. The molecule has 0 aliphatic rings. The molecule has 0 heterocycles. The van der Waals surface area contributed by atoms with Crippen LogP contribution in [0, 0.1) is 5.92 Å². The van der Waals surface area contributed by atoms with Crippen LogP contribution >= 0.6 is 0 Å². The average molecular weight is 357 g/mol. The summed E-state index contributed by atoms with van der Waals surface area (Å²) in [4.78, 5) is 13.9. The first-order valence-electron chi connectivity index (χ1n) is 7.94. The van der Waals surface area contributed by atoms with E-state index >= 15 is 0 Å². The Kier molecular flexibility index (Phi) is 7.69. The van der Waals surface area contributed by atoms with Gasteiger partial charge in [-0.3, -0.25) is 4.79 Å². The fraction of sp³-hybridized carbons (Fsp3) is 0.588. The van der Waals surface area contributed by atoms with Gasteiger partial charge in [0.15, 0.2) is 0 Å². The van der Waals surface area contributed by atoms with Crippen molar-refractivity contribution in [1.29, 1.82) is 0 Å². The maximum Gasteiger partial charge on any atom is 0.311 e. The van der Waals surface area contributed by atoms with Crippen LogP contribution in [-0.2, 0) is 26.2 Å². The topological polar surface area (TPSA) is 72.9 Å². The van der Waals surface area contributed by atoms with Gasteiger partial charge in [-0.25, -0.2) is 0 Å². The SMILES string of the molecule is COCC(=O)N(Cc1cccc(OS(=O)(=O)C(C)C)c1)CC(C)C. The normalized spacial score (nSPS) is 11.8. The van der Waals surface area contributed by atoms with Crippen LogP contribution < -0.4 is 4.18 Å². The zero-order valence-corrected chi connectivity index (χ0v) is 15.8. The zero-order chi connectivity index (χ0) is 18.3. The summed E-state index contributed by atoms with van der Waals surface area (Å²) in [6.07, 6.45) is 0. The molecule has 0 saturated heterocycles. The van der Waals surface area contributed by atoms with Crippen LogP contribution in [0.25, 0.3) is 0 Å². The van der Waals surface area contributed by atoms with Gasteiger partial charge in [-0.15, -0.1) is 0 Å². The van der Waals surface area contributed by atoms with Gasteiger partial charge in [0.25, 0.3) is 0 Å². The lowest BCUT2D eigenvalue weighted by molar-refractivity contribution is -0.136. The highest BCUT2D eigenvalue weighted by atomic mass is 32.2. The van der Waals surface area contributed by atoms with E-state index in [0.717, 1.165) is 5.56 Å². The summed E-state index contributed by atoms with van der Waals surface area (Å²) in [7, 11) is -2.16. The fourth-order valence-electron chi connectivity index (χ4n) is 2.06. The number of benzene rings is 1. The third-order valence-electron chi connectivity index (χ3n) is 3.27. The lowest BCUT2D eigenvalue weighted by atomic mass is 10.1. The van der Waals surface area contributed by atoms with Crippen LogP contribution in [0.4, 0.5) is 0 Å². The highest BCUT2D eigenvalue weighted by Gasteiger charge is 2.19. The number of methoxy groups -OCH3 is 1. The highest BCUT2D eigenvalue weighted by molar-refractivity contribution is 7.87. The molecule has 0 aliphatic heterocycles. The van der Waals surface area contributed by atoms with E-state index in [-0.39, 0.29) is 18.3 Å². The Morgan fingerprint density at radius 2 is 1.88 bits per heavy atom. The molecule has 0 saturated carbocycles. The summed E-state index contributed by atoms with van der Waals surface area (Å²) in [5.41, 5.74) is 0.802. The molecule has 0 spiro atoms. The van der Waals surface area contributed by atoms with Crippen LogP contribution in [0.1, 0.15) is 33.3 Å². The van der Waals surface area contributed by atoms with Gasteiger partial charge in [0.1, 0.15) is 12.4 Å². The number of nitrogens with zero attached hydrogens (tertiary/aromatic N) is 1. The lowest BCUT2D eigenvalue weighted by Crippen LogP contribution is -2.36. The van der Waals surface area contributed by atoms with E-state index < -0.39 is 15.4 Å². The van der Waals surface area contributed by atoms with Gasteiger partial charge in [0.05, 0.1) is 5.25 Å². The van der Waals surface area contributed by atoms with Crippen molar-refractivity contribution in [2.24, 2.45) is 5.92 Å². The Morgan fingerprint density at radius 3 is 2.42 bits per heavy atom. The second-order valence-corrected chi connectivity index (χ2v) is 8.47. The molecule has 0 radical (unpaired) electrons. The number of rotatable bonds is 9. The summed E-state index contributed by atoms with van der Waals surface area (Å²) in [5.74, 6) is 0.462. The molecule has 0 atom stereocenters. The van der Waals surface area contributed by atoms with Crippen molar-refractivity contribution in [3.63, 3.8) is 0 Å². The first kappa shape index (κ1) is 20.4. The Labute approximate surface area is 144 Å². The van der Waals surface area contributed by atoms with E-state index in [2.05, 4.69) is 0 Å². The van der Waals surface area contributed by atoms with Crippen LogP contribution in [0.2, 0.25) is 0 Å². The van der Waals surface area contributed by atoms with Crippen molar-refractivity contribution in [2.75, 3.05) is 20.3 Å². The van der Waals surface area contributed by atoms with Crippen molar-refractivity contribution >= 4 is 16.0 Å². The monoisotopic (exact) mass is 357 g/mol. The first-order valence-corrected chi connectivity index (χ1v) is 9.41. The minimum absolute atomic E-state index is 0.0185. The number of carbonyl (C=O) groups is 1. The van der Waals surface area contributed by atoms with E-state index in [1.807, 2.05) is 19.9 Å². The second kappa shape index (κ2) is 9.03. The highest BCUT2D eigenvalue weighted by Crippen LogP contribution is 2.19. The maximum absolute atomic E-state index is 12.2. The Hall–Kier alpha value is -1.60. The van der Waals surface area contributed by atoms with E-state index in [1.165, 1.54) is 7.11 Å². The molecular formula is C17H27NO5S. The van der Waals surface area contributed by atoms with Gasteiger partial charge < -0.3 is 13.8 Å². The van der Waals surface area contributed by atoms with E-state index in [9.17, 15) is 13.2 Å². The molecule has 0 fully saturated rings. The van der Waals surface area contributed by atoms with Crippen LogP contribution in [-0.4, -0.2) is 44.7 Å². The third kappa shape index (κ3) is 6.49. The summed E-state index contributed by atoms with van der Waals surface area (Å²) < 4.78 is 33.8. The standard InChI is InChI=1S/C17H27NO5S/c1-13(2)10-18(17(19)12-22-5)11-15-7-6-8-16(9-15)23-24(20,21)14(3)4/h6-9,13-14H,10-12H2,1-5H3. The van der Waals surface area contributed by atoms with Crippen molar-refractivity contribution in [3.05, 3.63) is 29.8 Å². The minimum atomic E-state index is -3.64. The number of carbonyl (C=O) groups excluding carboxylic acids is 1. The average Bonchev–Trinajstić information content (AvgIpc) is 2.46. The summed E-state index contributed by atoms with van der Waals surface area (Å²) in [5, 5.41) is -0.623. The van der Waals surface area contributed by atoms with Crippen LogP contribution in [0.15, 0.2) is 24.3 Å². The van der Waals surface area contributed by atoms with Gasteiger partial charge in [-0.2, -0.15) is 8.42 Å². The zero-order valence-electron chi connectivity index (χ0n) is 15.0. The number of hydrogen-bond acceptors (Lipinski definition) is 5. The predicted molar refractivity (Wildman–Crippen MR) is 93.3 cm³/mol. The molecule has 24 heavy (non-hydrogen) atoms. The molecule has 1 aromatic carbocycles. The van der Waals surface area contributed by atoms with E-state index in [4.69, 9.17) is 8.92 Å². The largest absolute Gasteiger partial charge is 0.382 e. The maximum atomic E-state index is 12.2. The van der Waals surface area contributed by atoms with Gasteiger partial charge >= 0.3 is 10.1 Å². The molecule has 0 aliphatic carbocycles. The molecule has 0 aromatic heterocycles. The lowest BCUT2D eigenvalue weighted by Gasteiger charge is -2.24. The first-order chi connectivity index (χ1) is 11.2. The molecule has 0 unspecified atom stereocenters. The molecule has 0 N–H and O–H groups in total. The Bertz CT molecular complexity index is 640. The molecule has 7 heteroatoms.